The molecular formula is C20H19N5O4S. The lowest BCUT2D eigenvalue weighted by Gasteiger charge is -2.34. The zero-order valence-electron chi connectivity index (χ0n) is 16.0. The van der Waals surface area contributed by atoms with Gasteiger partial charge in [-0.1, -0.05) is 0 Å². The maximum atomic E-state index is 12.7. The zero-order chi connectivity index (χ0) is 20.6. The van der Waals surface area contributed by atoms with Crippen molar-refractivity contribution < 1.29 is 17.9 Å². The second-order valence-electron chi connectivity index (χ2n) is 6.92. The first-order chi connectivity index (χ1) is 14.6. The summed E-state index contributed by atoms with van der Waals surface area (Å²) in [5, 5.41) is 8.68. The van der Waals surface area contributed by atoms with Crippen LogP contribution in [0.3, 0.4) is 0 Å². The topological polar surface area (TPSA) is 97.8 Å². The number of rotatable bonds is 4. The largest absolute Gasteiger partial charge is 0.454 e. The molecule has 1 aromatic carbocycles. The van der Waals surface area contributed by atoms with Gasteiger partial charge in [0.05, 0.1) is 5.69 Å². The number of benzene rings is 1. The number of pyridine rings is 1. The molecule has 2 aliphatic rings. The Morgan fingerprint density at radius 1 is 0.900 bits per heavy atom. The van der Waals surface area contributed by atoms with Gasteiger partial charge in [-0.2, -0.15) is 4.31 Å². The highest BCUT2D eigenvalue weighted by atomic mass is 32.2. The van der Waals surface area contributed by atoms with E-state index in [4.69, 9.17) is 9.47 Å². The van der Waals surface area contributed by atoms with Gasteiger partial charge in [0.2, 0.25) is 16.8 Å². The Balaban J connectivity index is 1.27. The number of hydrogen-bond donors (Lipinski definition) is 0. The van der Waals surface area contributed by atoms with E-state index in [9.17, 15) is 8.42 Å². The van der Waals surface area contributed by atoms with Crippen molar-refractivity contribution in [1.82, 2.24) is 19.5 Å². The van der Waals surface area contributed by atoms with Crippen LogP contribution in [0.5, 0.6) is 11.5 Å². The van der Waals surface area contributed by atoms with E-state index in [1.54, 1.807) is 18.3 Å². The maximum Gasteiger partial charge on any atom is 0.244 e. The average Bonchev–Trinajstić information content (AvgIpc) is 3.28. The van der Waals surface area contributed by atoms with Gasteiger partial charge in [-0.15, -0.1) is 10.2 Å². The summed E-state index contributed by atoms with van der Waals surface area (Å²) in [5.41, 5.74) is 1.63. The smallest absolute Gasteiger partial charge is 0.244 e. The van der Waals surface area contributed by atoms with E-state index in [1.807, 2.05) is 35.2 Å². The van der Waals surface area contributed by atoms with Crippen molar-refractivity contribution in [3.8, 4) is 22.8 Å². The van der Waals surface area contributed by atoms with Crippen LogP contribution in [0.4, 0.5) is 5.82 Å². The van der Waals surface area contributed by atoms with Gasteiger partial charge in [-0.25, -0.2) is 8.42 Å². The molecule has 0 saturated carbocycles. The molecule has 2 aliphatic heterocycles. The molecule has 0 unspecified atom stereocenters. The summed E-state index contributed by atoms with van der Waals surface area (Å²) in [6.07, 6.45) is 2.94. The Morgan fingerprint density at radius 3 is 2.47 bits per heavy atom. The Labute approximate surface area is 173 Å². The summed E-state index contributed by atoms with van der Waals surface area (Å²) in [6, 6.07) is 12.6. The number of nitrogens with zero attached hydrogens (tertiary/aromatic N) is 5. The van der Waals surface area contributed by atoms with Crippen LogP contribution in [0.2, 0.25) is 0 Å². The molecule has 30 heavy (non-hydrogen) atoms. The van der Waals surface area contributed by atoms with Gasteiger partial charge in [0.15, 0.2) is 17.3 Å². The Bertz CT molecular complexity index is 1150. The number of sulfonamides is 1. The first-order valence-corrected chi connectivity index (χ1v) is 10.9. The third-order valence-corrected chi connectivity index (χ3v) is 7.04. The van der Waals surface area contributed by atoms with E-state index in [0.717, 1.165) is 22.8 Å². The Morgan fingerprint density at radius 2 is 1.73 bits per heavy atom. The van der Waals surface area contributed by atoms with Gasteiger partial charge in [0.25, 0.3) is 0 Å². The lowest BCUT2D eigenvalue weighted by Crippen LogP contribution is -2.49. The van der Waals surface area contributed by atoms with Crippen molar-refractivity contribution in [3.05, 3.63) is 54.9 Å². The molecule has 4 heterocycles. The van der Waals surface area contributed by atoms with Gasteiger partial charge in [-0.3, -0.25) is 4.98 Å². The lowest BCUT2D eigenvalue weighted by atomic mass is 10.1. The number of piperazine rings is 1. The second-order valence-corrected chi connectivity index (χ2v) is 8.86. The average molecular weight is 425 g/mol. The molecule has 0 radical (unpaired) electrons. The molecular weight excluding hydrogens is 406 g/mol. The lowest BCUT2D eigenvalue weighted by molar-refractivity contribution is 0.174. The summed E-state index contributed by atoms with van der Waals surface area (Å²) in [6.45, 7) is 2.06. The van der Waals surface area contributed by atoms with E-state index in [2.05, 4.69) is 15.2 Å². The summed E-state index contributed by atoms with van der Waals surface area (Å²) < 4.78 is 37.7. The predicted octanol–water partition coefficient (Wildman–Crippen LogP) is 1.78. The van der Waals surface area contributed by atoms with E-state index >= 15 is 0 Å². The Hall–Kier alpha value is -3.24. The number of aromatic nitrogens is 3. The molecule has 0 aliphatic carbocycles. The number of anilines is 1. The van der Waals surface area contributed by atoms with Gasteiger partial charge in [-0.05, 0) is 42.5 Å². The normalized spacial score (nSPS) is 16.6. The monoisotopic (exact) mass is 425 g/mol. The molecule has 5 rings (SSSR count). The fraction of sp³-hybridized carbons (Fsp3) is 0.250. The summed E-state index contributed by atoms with van der Waals surface area (Å²) in [5.74, 6) is 2.14. The van der Waals surface area contributed by atoms with Crippen molar-refractivity contribution in [2.45, 2.75) is 4.90 Å². The highest BCUT2D eigenvalue weighted by Crippen LogP contribution is 2.35. The minimum absolute atomic E-state index is 0.214. The second kappa shape index (κ2) is 7.54. The van der Waals surface area contributed by atoms with Gasteiger partial charge < -0.3 is 14.4 Å². The Kier molecular flexibility index (Phi) is 4.72. The van der Waals surface area contributed by atoms with Crippen molar-refractivity contribution >= 4 is 15.8 Å². The van der Waals surface area contributed by atoms with Crippen molar-refractivity contribution in [3.63, 3.8) is 0 Å². The van der Waals surface area contributed by atoms with Crippen LogP contribution in [-0.4, -0.2) is 60.9 Å². The first-order valence-electron chi connectivity index (χ1n) is 9.50. The van der Waals surface area contributed by atoms with Gasteiger partial charge in [0.1, 0.15) is 4.90 Å². The van der Waals surface area contributed by atoms with Crippen LogP contribution >= 0.6 is 0 Å². The minimum Gasteiger partial charge on any atom is -0.454 e. The molecule has 0 spiro atoms. The molecule has 1 saturated heterocycles. The van der Waals surface area contributed by atoms with Crippen LogP contribution in [0.25, 0.3) is 11.3 Å². The molecule has 1 fully saturated rings. The van der Waals surface area contributed by atoms with Crippen molar-refractivity contribution in [1.29, 1.82) is 0 Å². The minimum atomic E-state index is -3.53. The SMILES string of the molecule is O=S(=O)(c1cccnc1)N1CCN(c2ccc(-c3ccc4c(c3)OCO4)nn2)CC1. The standard InChI is InChI=1S/C20H19N5O4S/c26-30(27,16-2-1-7-21-13-16)25-10-8-24(9-11-25)20-6-4-17(22-23-20)15-3-5-18-19(12-15)29-14-28-18/h1-7,12-13H,8-11,14H2. The van der Waals surface area contributed by atoms with Crippen LogP contribution in [0.15, 0.2) is 59.8 Å². The maximum absolute atomic E-state index is 12.7. The highest BCUT2D eigenvalue weighted by Gasteiger charge is 2.29. The van der Waals surface area contributed by atoms with Crippen molar-refractivity contribution in [2.75, 3.05) is 37.9 Å². The molecule has 0 atom stereocenters. The zero-order valence-corrected chi connectivity index (χ0v) is 16.8. The molecule has 10 heteroatoms. The number of hydrogen-bond acceptors (Lipinski definition) is 8. The molecule has 0 bridgehead atoms. The van der Waals surface area contributed by atoms with Crippen LogP contribution < -0.4 is 14.4 Å². The third-order valence-electron chi connectivity index (χ3n) is 5.15. The molecule has 154 valence electrons. The van der Waals surface area contributed by atoms with E-state index in [1.165, 1.54) is 10.5 Å². The van der Waals surface area contributed by atoms with Crippen molar-refractivity contribution in [2.24, 2.45) is 0 Å². The fourth-order valence-corrected chi connectivity index (χ4v) is 4.90. The fourth-order valence-electron chi connectivity index (χ4n) is 3.51. The highest BCUT2D eigenvalue weighted by molar-refractivity contribution is 7.89. The quantitative estimate of drug-likeness (QED) is 0.624. The van der Waals surface area contributed by atoms with Crippen LogP contribution in [0, 0.1) is 0 Å². The molecule has 2 aromatic heterocycles. The molecule has 9 nitrogen and oxygen atoms in total. The number of fused-ring (bicyclic) bond motifs is 1. The predicted molar refractivity (Wildman–Crippen MR) is 109 cm³/mol. The van der Waals surface area contributed by atoms with Crippen LogP contribution in [0.1, 0.15) is 0 Å². The van der Waals surface area contributed by atoms with Crippen LogP contribution in [-0.2, 0) is 10.0 Å². The summed E-state index contributed by atoms with van der Waals surface area (Å²) in [4.78, 5) is 6.16. The number of ether oxygens (including phenoxy) is 2. The summed E-state index contributed by atoms with van der Waals surface area (Å²) in [7, 11) is -3.53. The molecule has 0 N–H and O–H groups in total. The molecule has 0 amide bonds. The molecule has 3 aromatic rings. The third kappa shape index (κ3) is 3.44. The van der Waals surface area contributed by atoms with Gasteiger partial charge >= 0.3 is 0 Å². The van der Waals surface area contributed by atoms with E-state index in [0.29, 0.717) is 31.9 Å². The first kappa shape index (κ1) is 18.8. The summed E-state index contributed by atoms with van der Waals surface area (Å²) >= 11 is 0. The van der Waals surface area contributed by atoms with E-state index in [-0.39, 0.29) is 11.7 Å². The van der Waals surface area contributed by atoms with Gasteiger partial charge in [0, 0.05) is 44.1 Å². The van der Waals surface area contributed by atoms with E-state index < -0.39 is 10.0 Å².